The Kier molecular flexibility index (Phi) is 7.44. The molecule has 0 bridgehead atoms. The lowest BCUT2D eigenvalue weighted by Crippen LogP contribution is -2.67. The number of amides is 1. The molecule has 1 aliphatic heterocycles. The molecule has 132 valence electrons. The molecule has 0 spiro atoms. The summed E-state index contributed by atoms with van der Waals surface area (Å²) in [6.45, 7) is 4.96. The van der Waals surface area contributed by atoms with Crippen LogP contribution in [0.4, 0.5) is 0 Å². The van der Waals surface area contributed by atoms with Crippen LogP contribution >= 0.6 is 0 Å². The summed E-state index contributed by atoms with van der Waals surface area (Å²) in [5.41, 5.74) is -1.75. The van der Waals surface area contributed by atoms with Gasteiger partial charge < -0.3 is 23.8 Å². The fourth-order valence-corrected chi connectivity index (χ4v) is 2.66. The zero-order chi connectivity index (χ0) is 17.5. The molecular formula is C15H25NO7. The quantitative estimate of drug-likeness (QED) is 0.381. The summed E-state index contributed by atoms with van der Waals surface area (Å²) in [5, 5.41) is 0. The Hall–Kier alpha value is -1.67. The molecule has 1 atom stereocenters. The number of nitrogens with zero attached hydrogens (tertiary/aromatic N) is 1. The molecule has 0 saturated carbocycles. The SMILES string of the molecule is CCOC(=O)C1(C(=O)OCC)CC[C@H](OCOC)CN1C(C)=O. The first-order valence-electron chi connectivity index (χ1n) is 7.67. The molecule has 23 heavy (non-hydrogen) atoms. The molecule has 0 aromatic heterocycles. The first-order valence-corrected chi connectivity index (χ1v) is 7.67. The monoisotopic (exact) mass is 331 g/mol. The van der Waals surface area contributed by atoms with Crippen LogP contribution < -0.4 is 0 Å². The molecule has 0 aromatic carbocycles. The molecule has 0 aromatic rings. The van der Waals surface area contributed by atoms with Gasteiger partial charge in [-0.05, 0) is 26.7 Å². The van der Waals surface area contributed by atoms with Gasteiger partial charge in [-0.1, -0.05) is 0 Å². The van der Waals surface area contributed by atoms with Crippen LogP contribution in [0.15, 0.2) is 0 Å². The zero-order valence-corrected chi connectivity index (χ0v) is 14.1. The predicted octanol–water partition coefficient (Wildman–Crippen LogP) is 0.483. The molecule has 0 radical (unpaired) electrons. The van der Waals surface area contributed by atoms with Crippen molar-refractivity contribution in [3.05, 3.63) is 0 Å². The third-order valence-electron chi connectivity index (χ3n) is 3.70. The van der Waals surface area contributed by atoms with Gasteiger partial charge in [0.25, 0.3) is 0 Å². The van der Waals surface area contributed by atoms with E-state index < -0.39 is 23.4 Å². The summed E-state index contributed by atoms with van der Waals surface area (Å²) in [4.78, 5) is 38.2. The standard InChI is InChI=1S/C15H25NO7/c1-5-21-13(18)15(14(19)22-6-2)8-7-12(23-10-20-4)9-16(15)11(3)17/h12H,5-10H2,1-4H3/t12-/m0/s1. The topological polar surface area (TPSA) is 91.4 Å². The summed E-state index contributed by atoms with van der Waals surface area (Å²) in [6, 6.07) is 0. The number of carbonyl (C=O) groups is 3. The highest BCUT2D eigenvalue weighted by atomic mass is 16.7. The number of hydrogen-bond acceptors (Lipinski definition) is 7. The molecule has 1 heterocycles. The summed E-state index contributed by atoms with van der Waals surface area (Å²) < 4.78 is 20.4. The second-order valence-corrected chi connectivity index (χ2v) is 5.16. The van der Waals surface area contributed by atoms with Crippen LogP contribution in [0.2, 0.25) is 0 Å². The van der Waals surface area contributed by atoms with Gasteiger partial charge >= 0.3 is 11.9 Å². The molecule has 0 N–H and O–H groups in total. The molecule has 1 fully saturated rings. The molecule has 1 rings (SSSR count). The first-order chi connectivity index (χ1) is 10.9. The average molecular weight is 331 g/mol. The van der Waals surface area contributed by atoms with E-state index in [0.29, 0.717) is 6.42 Å². The van der Waals surface area contributed by atoms with Crippen LogP contribution in [0.1, 0.15) is 33.6 Å². The van der Waals surface area contributed by atoms with Crippen LogP contribution in [-0.2, 0) is 33.3 Å². The van der Waals surface area contributed by atoms with Crippen molar-refractivity contribution in [2.45, 2.75) is 45.3 Å². The second-order valence-electron chi connectivity index (χ2n) is 5.16. The maximum Gasteiger partial charge on any atom is 0.343 e. The van der Waals surface area contributed by atoms with Crippen LogP contribution in [0, 0.1) is 0 Å². The largest absolute Gasteiger partial charge is 0.464 e. The average Bonchev–Trinajstić information content (AvgIpc) is 2.52. The maximum atomic E-state index is 12.5. The van der Waals surface area contributed by atoms with Crippen molar-refractivity contribution in [1.29, 1.82) is 0 Å². The van der Waals surface area contributed by atoms with Gasteiger partial charge in [0.1, 0.15) is 6.79 Å². The fraction of sp³-hybridized carbons (Fsp3) is 0.800. The van der Waals surface area contributed by atoms with Crippen molar-refractivity contribution in [2.75, 3.05) is 33.7 Å². The van der Waals surface area contributed by atoms with Crippen LogP contribution in [-0.4, -0.2) is 68.0 Å². The van der Waals surface area contributed by atoms with Gasteiger partial charge in [-0.15, -0.1) is 0 Å². The Bertz CT molecular complexity index is 420. The minimum Gasteiger partial charge on any atom is -0.464 e. The van der Waals surface area contributed by atoms with Crippen molar-refractivity contribution in [3.63, 3.8) is 0 Å². The molecule has 0 aliphatic carbocycles. The van der Waals surface area contributed by atoms with E-state index in [1.165, 1.54) is 18.9 Å². The van der Waals surface area contributed by atoms with Crippen molar-refractivity contribution in [2.24, 2.45) is 0 Å². The van der Waals surface area contributed by atoms with E-state index in [4.69, 9.17) is 18.9 Å². The molecule has 1 aliphatic rings. The lowest BCUT2D eigenvalue weighted by atomic mass is 9.85. The molecule has 8 heteroatoms. The maximum absolute atomic E-state index is 12.5. The van der Waals surface area contributed by atoms with E-state index in [1.807, 2.05) is 0 Å². The Morgan fingerprint density at radius 2 is 1.70 bits per heavy atom. The highest BCUT2D eigenvalue weighted by Gasteiger charge is 2.57. The number of rotatable bonds is 7. The minimum atomic E-state index is -1.75. The molecule has 1 amide bonds. The number of ether oxygens (including phenoxy) is 4. The van der Waals surface area contributed by atoms with Crippen LogP contribution in [0.25, 0.3) is 0 Å². The fourth-order valence-electron chi connectivity index (χ4n) is 2.66. The molecular weight excluding hydrogens is 306 g/mol. The van der Waals surface area contributed by atoms with Crippen LogP contribution in [0.5, 0.6) is 0 Å². The molecule has 8 nitrogen and oxygen atoms in total. The van der Waals surface area contributed by atoms with Gasteiger partial charge in [0, 0.05) is 20.6 Å². The van der Waals surface area contributed by atoms with Crippen molar-refractivity contribution >= 4 is 17.8 Å². The summed E-state index contributed by atoms with van der Waals surface area (Å²) in [6.07, 6.45) is 0.166. The lowest BCUT2D eigenvalue weighted by Gasteiger charge is -2.44. The molecule has 0 unspecified atom stereocenters. The van der Waals surface area contributed by atoms with Gasteiger partial charge in [-0.2, -0.15) is 0 Å². The zero-order valence-electron chi connectivity index (χ0n) is 14.1. The van der Waals surface area contributed by atoms with Crippen molar-refractivity contribution < 1.29 is 33.3 Å². The van der Waals surface area contributed by atoms with E-state index >= 15 is 0 Å². The Balaban J connectivity index is 3.12. The van der Waals surface area contributed by atoms with E-state index in [2.05, 4.69) is 0 Å². The normalized spacial score (nSPS) is 20.0. The summed E-state index contributed by atoms with van der Waals surface area (Å²) in [7, 11) is 1.49. The van der Waals surface area contributed by atoms with Gasteiger partial charge in [0.2, 0.25) is 11.4 Å². The Morgan fingerprint density at radius 3 is 2.13 bits per heavy atom. The van der Waals surface area contributed by atoms with E-state index in [0.717, 1.165) is 0 Å². The van der Waals surface area contributed by atoms with E-state index in [9.17, 15) is 14.4 Å². The highest BCUT2D eigenvalue weighted by Crippen LogP contribution is 2.32. The van der Waals surface area contributed by atoms with Gasteiger partial charge in [-0.25, -0.2) is 9.59 Å². The minimum absolute atomic E-state index is 0.0717. The molecule has 1 saturated heterocycles. The number of hydrogen-bond donors (Lipinski definition) is 0. The predicted molar refractivity (Wildman–Crippen MR) is 79.4 cm³/mol. The van der Waals surface area contributed by atoms with E-state index in [-0.39, 0.29) is 39.1 Å². The number of esters is 2. The summed E-state index contributed by atoms with van der Waals surface area (Å²) >= 11 is 0. The third kappa shape index (κ3) is 4.20. The van der Waals surface area contributed by atoms with Crippen molar-refractivity contribution in [3.8, 4) is 0 Å². The third-order valence-corrected chi connectivity index (χ3v) is 3.70. The van der Waals surface area contributed by atoms with E-state index in [1.54, 1.807) is 13.8 Å². The first kappa shape index (κ1) is 19.4. The van der Waals surface area contributed by atoms with Crippen LogP contribution in [0.3, 0.4) is 0 Å². The number of likely N-dealkylation sites (tertiary alicyclic amines) is 1. The van der Waals surface area contributed by atoms with Crippen molar-refractivity contribution in [1.82, 2.24) is 4.90 Å². The summed E-state index contributed by atoms with van der Waals surface area (Å²) in [5.74, 6) is -1.95. The lowest BCUT2D eigenvalue weighted by molar-refractivity contribution is -0.188. The van der Waals surface area contributed by atoms with Gasteiger partial charge in [-0.3, -0.25) is 4.79 Å². The number of carbonyl (C=O) groups excluding carboxylic acids is 3. The Morgan fingerprint density at radius 1 is 1.13 bits per heavy atom. The second kappa shape index (κ2) is 8.83. The van der Waals surface area contributed by atoms with Gasteiger partial charge in [0.15, 0.2) is 0 Å². The Labute approximate surface area is 136 Å². The smallest absolute Gasteiger partial charge is 0.343 e. The number of methoxy groups -OCH3 is 1. The van der Waals surface area contributed by atoms with Gasteiger partial charge in [0.05, 0.1) is 19.3 Å². The highest BCUT2D eigenvalue weighted by molar-refractivity contribution is 6.07. The number of piperidine rings is 1.